The number of benzene rings is 3. The second-order valence-corrected chi connectivity index (χ2v) is 9.18. The largest absolute Gasteiger partial charge is 0.244 e. The third-order valence-corrected chi connectivity index (χ3v) is 7.04. The Balaban J connectivity index is 1.68. The van der Waals surface area contributed by atoms with Crippen LogP contribution in [0.1, 0.15) is 22.7 Å². The SMILES string of the molecule is Cc1ccc(S(=O)(=O)N2[C@H](c3ccc(Cl)cc3)[C@@H]2/C=C/c2ccccc2)cc1. The van der Waals surface area contributed by atoms with E-state index in [4.69, 9.17) is 11.6 Å². The van der Waals surface area contributed by atoms with Gasteiger partial charge in [-0.3, -0.25) is 0 Å². The fraction of sp³-hybridized carbons (Fsp3) is 0.130. The number of rotatable bonds is 5. The molecule has 0 radical (unpaired) electrons. The fourth-order valence-electron chi connectivity index (χ4n) is 3.34. The van der Waals surface area contributed by atoms with Gasteiger partial charge >= 0.3 is 0 Å². The van der Waals surface area contributed by atoms with E-state index < -0.39 is 10.0 Å². The molecule has 5 heteroatoms. The molecule has 1 unspecified atom stereocenters. The van der Waals surface area contributed by atoms with Crippen molar-refractivity contribution in [1.29, 1.82) is 0 Å². The lowest BCUT2D eigenvalue weighted by Gasteiger charge is -2.07. The van der Waals surface area contributed by atoms with Crippen LogP contribution < -0.4 is 0 Å². The van der Waals surface area contributed by atoms with E-state index in [1.807, 2.05) is 73.7 Å². The lowest BCUT2D eigenvalue weighted by atomic mass is 10.1. The van der Waals surface area contributed by atoms with Crippen LogP contribution in [0.5, 0.6) is 0 Å². The first-order chi connectivity index (χ1) is 13.5. The standard InChI is InChI=1S/C23H20ClNO2S/c1-17-7-14-21(15-8-17)28(26,27)25-22(16-9-18-5-3-2-4-6-18)23(25)19-10-12-20(24)13-11-19/h2-16,22-23H,1H3/b16-9+/t22-,23+,25?/m0/s1. The Morgan fingerprint density at radius 3 is 2.18 bits per heavy atom. The van der Waals surface area contributed by atoms with E-state index in [1.54, 1.807) is 28.6 Å². The molecular weight excluding hydrogens is 390 g/mol. The molecule has 1 heterocycles. The summed E-state index contributed by atoms with van der Waals surface area (Å²) < 4.78 is 28.0. The highest BCUT2D eigenvalue weighted by atomic mass is 35.5. The van der Waals surface area contributed by atoms with Crippen molar-refractivity contribution in [2.45, 2.75) is 23.9 Å². The number of sulfonamides is 1. The number of hydrogen-bond acceptors (Lipinski definition) is 2. The van der Waals surface area contributed by atoms with Gasteiger partial charge in [-0.2, -0.15) is 4.31 Å². The molecule has 3 nitrogen and oxygen atoms in total. The average Bonchev–Trinajstić information content (AvgIpc) is 3.43. The van der Waals surface area contributed by atoms with Crippen LogP contribution in [0.4, 0.5) is 0 Å². The third kappa shape index (κ3) is 3.76. The Bertz CT molecular complexity index is 1090. The lowest BCUT2D eigenvalue weighted by Crippen LogP contribution is -2.14. The zero-order valence-electron chi connectivity index (χ0n) is 15.4. The van der Waals surface area contributed by atoms with E-state index in [9.17, 15) is 8.42 Å². The normalized spacial score (nSPS) is 21.7. The molecule has 0 aromatic heterocycles. The van der Waals surface area contributed by atoms with Gasteiger partial charge < -0.3 is 0 Å². The predicted octanol–water partition coefficient (Wildman–Crippen LogP) is 5.48. The van der Waals surface area contributed by atoms with Gasteiger partial charge in [0.1, 0.15) is 0 Å². The van der Waals surface area contributed by atoms with Gasteiger partial charge in [0.2, 0.25) is 10.0 Å². The molecule has 1 fully saturated rings. The van der Waals surface area contributed by atoms with Crippen molar-refractivity contribution < 1.29 is 8.42 Å². The second kappa shape index (κ2) is 7.55. The maximum Gasteiger partial charge on any atom is 0.244 e. The Hall–Kier alpha value is -2.40. The smallest absolute Gasteiger partial charge is 0.207 e. The van der Waals surface area contributed by atoms with Gasteiger partial charge in [0.05, 0.1) is 17.0 Å². The summed E-state index contributed by atoms with van der Waals surface area (Å²) >= 11 is 6.01. The summed E-state index contributed by atoms with van der Waals surface area (Å²) in [5, 5.41) is 0.633. The Morgan fingerprint density at radius 1 is 0.893 bits per heavy atom. The van der Waals surface area contributed by atoms with Gasteiger partial charge in [0, 0.05) is 5.02 Å². The Kier molecular flexibility index (Phi) is 5.11. The molecule has 0 N–H and O–H groups in total. The number of halogens is 1. The molecule has 0 saturated carbocycles. The van der Waals surface area contributed by atoms with E-state index in [-0.39, 0.29) is 12.1 Å². The monoisotopic (exact) mass is 409 g/mol. The van der Waals surface area contributed by atoms with Crippen molar-refractivity contribution in [3.8, 4) is 0 Å². The van der Waals surface area contributed by atoms with Crippen LogP contribution in [-0.4, -0.2) is 18.8 Å². The maximum atomic E-state index is 13.2. The summed E-state index contributed by atoms with van der Waals surface area (Å²) in [5.74, 6) is 0. The molecule has 3 aromatic carbocycles. The average molecular weight is 410 g/mol. The quantitative estimate of drug-likeness (QED) is 0.523. The molecular formula is C23H20ClNO2S. The fourth-order valence-corrected chi connectivity index (χ4v) is 5.18. The topological polar surface area (TPSA) is 37.1 Å². The van der Waals surface area contributed by atoms with Gasteiger partial charge in [-0.05, 0) is 42.3 Å². The van der Waals surface area contributed by atoms with Crippen LogP contribution in [0.15, 0.2) is 89.8 Å². The molecule has 0 bridgehead atoms. The first-order valence-electron chi connectivity index (χ1n) is 9.06. The van der Waals surface area contributed by atoms with Crippen LogP contribution in [0.2, 0.25) is 5.02 Å². The van der Waals surface area contributed by atoms with Crippen molar-refractivity contribution in [3.63, 3.8) is 0 Å². The minimum absolute atomic E-state index is 0.229. The summed E-state index contributed by atoms with van der Waals surface area (Å²) in [7, 11) is -3.59. The van der Waals surface area contributed by atoms with Crippen LogP contribution in [0, 0.1) is 6.92 Å². The van der Waals surface area contributed by atoms with Crippen LogP contribution in [0.25, 0.3) is 6.08 Å². The third-order valence-electron chi connectivity index (χ3n) is 4.90. The molecule has 0 spiro atoms. The summed E-state index contributed by atoms with van der Waals surface area (Å²) in [6.45, 7) is 1.94. The number of aryl methyl sites for hydroxylation is 1. The van der Waals surface area contributed by atoms with E-state index in [0.717, 1.165) is 16.7 Å². The highest BCUT2D eigenvalue weighted by Crippen LogP contribution is 2.48. The zero-order chi connectivity index (χ0) is 19.7. The van der Waals surface area contributed by atoms with E-state index in [0.29, 0.717) is 9.92 Å². The van der Waals surface area contributed by atoms with Gasteiger partial charge in [0.15, 0.2) is 0 Å². The molecule has 3 atom stereocenters. The van der Waals surface area contributed by atoms with Crippen molar-refractivity contribution >= 4 is 27.7 Å². The molecule has 4 rings (SSSR count). The number of nitrogens with zero attached hydrogens (tertiary/aromatic N) is 1. The minimum atomic E-state index is -3.59. The van der Waals surface area contributed by atoms with Crippen LogP contribution in [0.3, 0.4) is 0 Å². The highest BCUT2D eigenvalue weighted by Gasteiger charge is 2.54. The summed E-state index contributed by atoms with van der Waals surface area (Å²) in [6, 6.07) is 23.8. The first-order valence-corrected chi connectivity index (χ1v) is 10.9. The summed E-state index contributed by atoms with van der Waals surface area (Å²) in [4.78, 5) is 0.313. The van der Waals surface area contributed by atoms with E-state index in [2.05, 4.69) is 0 Å². The molecule has 1 saturated heterocycles. The molecule has 0 amide bonds. The van der Waals surface area contributed by atoms with Gasteiger partial charge in [-0.25, -0.2) is 8.42 Å². The van der Waals surface area contributed by atoms with Crippen molar-refractivity contribution in [2.24, 2.45) is 0 Å². The van der Waals surface area contributed by atoms with Crippen LogP contribution in [-0.2, 0) is 10.0 Å². The van der Waals surface area contributed by atoms with Crippen molar-refractivity contribution in [3.05, 3.63) is 107 Å². The first kappa shape index (κ1) is 18.9. The Labute approximate surface area is 170 Å². The molecule has 3 aromatic rings. The minimum Gasteiger partial charge on any atom is -0.207 e. The highest BCUT2D eigenvalue weighted by molar-refractivity contribution is 7.89. The van der Waals surface area contributed by atoms with Gasteiger partial charge in [-0.15, -0.1) is 0 Å². The van der Waals surface area contributed by atoms with Crippen LogP contribution >= 0.6 is 11.6 Å². The lowest BCUT2D eigenvalue weighted by molar-refractivity contribution is 0.550. The molecule has 1 aliphatic heterocycles. The van der Waals surface area contributed by atoms with E-state index in [1.165, 1.54) is 0 Å². The van der Waals surface area contributed by atoms with Gasteiger partial charge in [-0.1, -0.05) is 83.9 Å². The Morgan fingerprint density at radius 2 is 1.54 bits per heavy atom. The summed E-state index contributed by atoms with van der Waals surface area (Å²) in [5.41, 5.74) is 3.00. The zero-order valence-corrected chi connectivity index (χ0v) is 16.9. The van der Waals surface area contributed by atoms with Crippen molar-refractivity contribution in [1.82, 2.24) is 4.31 Å². The number of hydrogen-bond donors (Lipinski definition) is 0. The predicted molar refractivity (Wildman–Crippen MR) is 114 cm³/mol. The molecule has 28 heavy (non-hydrogen) atoms. The molecule has 142 valence electrons. The second-order valence-electron chi connectivity index (χ2n) is 6.90. The maximum absolute atomic E-state index is 13.2. The molecule has 1 aliphatic rings. The summed E-state index contributed by atoms with van der Waals surface area (Å²) in [6.07, 6.45) is 3.93. The van der Waals surface area contributed by atoms with Gasteiger partial charge in [0.25, 0.3) is 0 Å². The van der Waals surface area contributed by atoms with E-state index >= 15 is 0 Å². The molecule has 0 aliphatic carbocycles. The van der Waals surface area contributed by atoms with Crippen molar-refractivity contribution in [2.75, 3.05) is 0 Å².